The van der Waals surface area contributed by atoms with Gasteiger partial charge >= 0.3 is 0 Å². The minimum Gasteiger partial charge on any atom is -0.326 e. The van der Waals surface area contributed by atoms with Gasteiger partial charge in [-0.2, -0.15) is 0 Å². The summed E-state index contributed by atoms with van der Waals surface area (Å²) >= 11 is 0. The molecule has 94 valence electrons. The predicted molar refractivity (Wildman–Crippen MR) is 70.3 cm³/mol. The number of H-pyrrole nitrogens is 1. The Bertz CT molecular complexity index is 422. The van der Waals surface area contributed by atoms with Gasteiger partial charge in [-0.15, -0.1) is 0 Å². The Labute approximate surface area is 103 Å². The number of nitrogens with one attached hydrogen (secondary N) is 1. The number of pyridine rings is 1. The lowest BCUT2D eigenvalue weighted by molar-refractivity contribution is 0.148. The number of piperidine rings is 1. The van der Waals surface area contributed by atoms with Gasteiger partial charge in [0.1, 0.15) is 0 Å². The predicted octanol–water partition coefficient (Wildman–Crippen LogP) is 2.62. The molecule has 1 aromatic rings. The van der Waals surface area contributed by atoms with E-state index < -0.39 is 0 Å². The van der Waals surface area contributed by atoms with Crippen molar-refractivity contribution in [1.29, 1.82) is 0 Å². The van der Waals surface area contributed by atoms with Gasteiger partial charge < -0.3 is 4.98 Å². The summed E-state index contributed by atoms with van der Waals surface area (Å²) in [6.45, 7) is 6.58. The Hall–Kier alpha value is -1.09. The zero-order chi connectivity index (χ0) is 12.3. The van der Waals surface area contributed by atoms with Crippen LogP contribution >= 0.6 is 0 Å². The molecule has 0 bridgehead atoms. The van der Waals surface area contributed by atoms with Gasteiger partial charge in [0.25, 0.3) is 0 Å². The van der Waals surface area contributed by atoms with Crippen molar-refractivity contribution in [3.8, 4) is 0 Å². The molecule has 0 saturated carbocycles. The molecule has 0 unspecified atom stereocenters. The fourth-order valence-electron chi connectivity index (χ4n) is 2.85. The molecule has 0 radical (unpaired) electrons. The van der Waals surface area contributed by atoms with E-state index in [1.165, 1.54) is 37.8 Å². The number of rotatable bonds is 3. The van der Waals surface area contributed by atoms with E-state index in [9.17, 15) is 4.79 Å². The largest absolute Gasteiger partial charge is 0.326 e. The SMILES string of the molecule is CCCN1CCCC[C@@H]1c1ccc(=O)[nH]c1C. The van der Waals surface area contributed by atoms with Gasteiger partial charge in [0.15, 0.2) is 0 Å². The maximum atomic E-state index is 11.3. The van der Waals surface area contributed by atoms with Crippen LogP contribution in [0.4, 0.5) is 0 Å². The molecule has 17 heavy (non-hydrogen) atoms. The normalized spacial score (nSPS) is 21.6. The molecule has 1 saturated heterocycles. The van der Waals surface area contributed by atoms with E-state index in [1.807, 2.05) is 13.0 Å². The topological polar surface area (TPSA) is 36.1 Å². The van der Waals surface area contributed by atoms with Crippen LogP contribution in [-0.4, -0.2) is 23.0 Å². The molecule has 1 aliphatic rings. The summed E-state index contributed by atoms with van der Waals surface area (Å²) in [4.78, 5) is 16.7. The Morgan fingerprint density at radius 1 is 1.41 bits per heavy atom. The number of aromatic amines is 1. The monoisotopic (exact) mass is 234 g/mol. The molecule has 1 atom stereocenters. The molecule has 3 heteroatoms. The van der Waals surface area contributed by atoms with Crippen LogP contribution in [0.1, 0.15) is 49.9 Å². The summed E-state index contributed by atoms with van der Waals surface area (Å²) in [7, 11) is 0. The second-order valence-corrected chi connectivity index (χ2v) is 4.95. The lowest BCUT2D eigenvalue weighted by Crippen LogP contribution is -2.34. The number of hydrogen-bond donors (Lipinski definition) is 1. The smallest absolute Gasteiger partial charge is 0.248 e. The first-order valence-electron chi connectivity index (χ1n) is 6.66. The molecule has 2 rings (SSSR count). The molecule has 0 aromatic carbocycles. The van der Waals surface area contributed by atoms with E-state index in [1.54, 1.807) is 6.07 Å². The zero-order valence-corrected chi connectivity index (χ0v) is 10.8. The number of likely N-dealkylation sites (tertiary alicyclic amines) is 1. The van der Waals surface area contributed by atoms with E-state index in [-0.39, 0.29) is 5.56 Å². The van der Waals surface area contributed by atoms with Crippen LogP contribution in [0, 0.1) is 6.92 Å². The van der Waals surface area contributed by atoms with Crippen LogP contribution in [0.3, 0.4) is 0 Å². The Morgan fingerprint density at radius 3 is 2.94 bits per heavy atom. The molecule has 2 heterocycles. The summed E-state index contributed by atoms with van der Waals surface area (Å²) in [6, 6.07) is 4.16. The summed E-state index contributed by atoms with van der Waals surface area (Å²) in [5, 5.41) is 0. The second-order valence-electron chi connectivity index (χ2n) is 4.95. The van der Waals surface area contributed by atoms with Gasteiger partial charge in [0, 0.05) is 17.8 Å². The number of nitrogens with zero attached hydrogens (tertiary/aromatic N) is 1. The highest BCUT2D eigenvalue weighted by molar-refractivity contribution is 5.23. The number of aryl methyl sites for hydroxylation is 1. The van der Waals surface area contributed by atoms with Gasteiger partial charge in [-0.1, -0.05) is 19.4 Å². The molecule has 0 spiro atoms. The quantitative estimate of drug-likeness (QED) is 0.872. The number of hydrogen-bond acceptors (Lipinski definition) is 2. The van der Waals surface area contributed by atoms with Gasteiger partial charge in [-0.05, 0) is 44.8 Å². The fraction of sp³-hybridized carbons (Fsp3) is 0.643. The molecule has 1 N–H and O–H groups in total. The Morgan fingerprint density at radius 2 is 2.24 bits per heavy atom. The van der Waals surface area contributed by atoms with Gasteiger partial charge in [0.05, 0.1) is 0 Å². The molecule has 1 aliphatic heterocycles. The third kappa shape index (κ3) is 2.78. The van der Waals surface area contributed by atoms with Crippen molar-refractivity contribution in [1.82, 2.24) is 9.88 Å². The lowest BCUT2D eigenvalue weighted by Gasteiger charge is -2.36. The van der Waals surface area contributed by atoms with E-state index in [0.717, 1.165) is 12.2 Å². The highest BCUT2D eigenvalue weighted by Gasteiger charge is 2.24. The van der Waals surface area contributed by atoms with Crippen LogP contribution in [0.2, 0.25) is 0 Å². The van der Waals surface area contributed by atoms with Crippen molar-refractivity contribution in [3.05, 3.63) is 33.7 Å². The maximum Gasteiger partial charge on any atom is 0.248 e. The lowest BCUT2D eigenvalue weighted by atomic mass is 9.94. The van der Waals surface area contributed by atoms with E-state index in [4.69, 9.17) is 0 Å². The molecular formula is C14H22N2O. The van der Waals surface area contributed by atoms with Crippen molar-refractivity contribution < 1.29 is 0 Å². The third-order valence-corrected chi connectivity index (χ3v) is 3.64. The van der Waals surface area contributed by atoms with Crippen LogP contribution in [0.15, 0.2) is 16.9 Å². The van der Waals surface area contributed by atoms with Crippen molar-refractivity contribution in [2.45, 2.75) is 45.6 Å². The summed E-state index contributed by atoms with van der Waals surface area (Å²) in [6.07, 6.45) is 5.01. The van der Waals surface area contributed by atoms with E-state index in [2.05, 4.69) is 16.8 Å². The first-order valence-corrected chi connectivity index (χ1v) is 6.66. The van der Waals surface area contributed by atoms with Crippen LogP contribution in [0.5, 0.6) is 0 Å². The summed E-state index contributed by atoms with van der Waals surface area (Å²) in [5.74, 6) is 0. The van der Waals surface area contributed by atoms with Crippen molar-refractivity contribution >= 4 is 0 Å². The molecule has 3 nitrogen and oxygen atoms in total. The molecular weight excluding hydrogens is 212 g/mol. The summed E-state index contributed by atoms with van der Waals surface area (Å²) in [5.41, 5.74) is 2.34. The van der Waals surface area contributed by atoms with Crippen LogP contribution < -0.4 is 5.56 Å². The zero-order valence-electron chi connectivity index (χ0n) is 10.8. The Kier molecular flexibility index (Phi) is 4.00. The summed E-state index contributed by atoms with van der Waals surface area (Å²) < 4.78 is 0. The van der Waals surface area contributed by atoms with E-state index >= 15 is 0 Å². The van der Waals surface area contributed by atoms with Crippen LogP contribution in [-0.2, 0) is 0 Å². The molecule has 1 fully saturated rings. The first kappa shape index (κ1) is 12.4. The standard InChI is InChI=1S/C14H22N2O/c1-3-9-16-10-5-4-6-13(16)12-7-8-14(17)15-11(12)2/h7-8,13H,3-6,9-10H2,1-2H3,(H,15,17)/t13-/m1/s1. The minimum atomic E-state index is 0.00380. The fourth-order valence-corrected chi connectivity index (χ4v) is 2.85. The van der Waals surface area contributed by atoms with E-state index in [0.29, 0.717) is 6.04 Å². The van der Waals surface area contributed by atoms with Gasteiger partial charge in [-0.3, -0.25) is 9.69 Å². The second kappa shape index (κ2) is 5.50. The van der Waals surface area contributed by atoms with Crippen molar-refractivity contribution in [3.63, 3.8) is 0 Å². The molecule has 0 amide bonds. The maximum absolute atomic E-state index is 11.3. The minimum absolute atomic E-state index is 0.00380. The third-order valence-electron chi connectivity index (χ3n) is 3.64. The molecule has 1 aromatic heterocycles. The van der Waals surface area contributed by atoms with Crippen LogP contribution in [0.25, 0.3) is 0 Å². The first-order chi connectivity index (χ1) is 8.22. The van der Waals surface area contributed by atoms with Crippen molar-refractivity contribution in [2.75, 3.05) is 13.1 Å². The van der Waals surface area contributed by atoms with Gasteiger partial charge in [-0.25, -0.2) is 0 Å². The average Bonchev–Trinajstić information content (AvgIpc) is 2.31. The van der Waals surface area contributed by atoms with Gasteiger partial charge in [0.2, 0.25) is 5.56 Å². The van der Waals surface area contributed by atoms with Crippen molar-refractivity contribution in [2.24, 2.45) is 0 Å². The highest BCUT2D eigenvalue weighted by atomic mass is 16.1. The number of aromatic nitrogens is 1. The molecule has 0 aliphatic carbocycles. The Balaban J connectivity index is 2.26. The average molecular weight is 234 g/mol. The highest BCUT2D eigenvalue weighted by Crippen LogP contribution is 2.31.